The summed E-state index contributed by atoms with van der Waals surface area (Å²) in [6.45, 7) is 4.83. The zero-order chi connectivity index (χ0) is 21.8. The van der Waals surface area contributed by atoms with Gasteiger partial charge in [0.25, 0.3) is 0 Å². The highest BCUT2D eigenvalue weighted by molar-refractivity contribution is 5.92. The van der Waals surface area contributed by atoms with E-state index >= 15 is 0 Å². The summed E-state index contributed by atoms with van der Waals surface area (Å²) < 4.78 is 16.2. The number of hydrogen-bond donors (Lipinski definition) is 0. The number of ether oxygens (including phenoxy) is 3. The normalized spacial score (nSPS) is 17.6. The van der Waals surface area contributed by atoms with Gasteiger partial charge in [-0.2, -0.15) is 0 Å². The third-order valence-corrected chi connectivity index (χ3v) is 6.27. The second-order valence-electron chi connectivity index (χ2n) is 8.14. The molecule has 31 heavy (non-hydrogen) atoms. The molecular formula is C23H32N4O4. The van der Waals surface area contributed by atoms with E-state index in [9.17, 15) is 4.79 Å². The highest BCUT2D eigenvalue weighted by atomic mass is 16.6. The number of piperazine rings is 1. The lowest BCUT2D eigenvalue weighted by Gasteiger charge is -2.35. The molecule has 0 spiro atoms. The smallest absolute Gasteiger partial charge is 0.409 e. The maximum Gasteiger partial charge on any atom is 0.409 e. The van der Waals surface area contributed by atoms with Crippen LogP contribution in [-0.2, 0) is 4.74 Å². The molecule has 1 aliphatic heterocycles. The standard InChI is InChI=1S/C23H32N4O4/c1-4-31-23(28)27-12-10-26(11-13-27)22-17-14-19(29-2)20(30-3)15-18(17)24-21(25-22)16-8-6-5-7-9-16/h14-16H,4-13H2,1-3H3. The van der Waals surface area contributed by atoms with Crippen molar-refractivity contribution < 1.29 is 19.0 Å². The SMILES string of the molecule is CCOC(=O)N1CCN(c2nc(C3CCCCC3)nc3cc(OC)c(OC)cc23)CC1. The molecule has 0 unspecified atom stereocenters. The summed E-state index contributed by atoms with van der Waals surface area (Å²) in [5, 5.41) is 0.946. The van der Waals surface area contributed by atoms with Crippen LogP contribution in [0.3, 0.4) is 0 Å². The third-order valence-electron chi connectivity index (χ3n) is 6.27. The minimum absolute atomic E-state index is 0.246. The fraction of sp³-hybridized carbons (Fsp3) is 0.609. The minimum atomic E-state index is -0.246. The Hall–Kier alpha value is -2.77. The molecule has 168 valence electrons. The first-order valence-corrected chi connectivity index (χ1v) is 11.2. The Bertz CT molecular complexity index is 921. The van der Waals surface area contributed by atoms with E-state index in [1.165, 1.54) is 19.3 Å². The summed E-state index contributed by atoms with van der Waals surface area (Å²) in [5.41, 5.74) is 0.871. The number of rotatable bonds is 5. The van der Waals surface area contributed by atoms with Gasteiger partial charge in [-0.1, -0.05) is 19.3 Å². The van der Waals surface area contributed by atoms with Crippen LogP contribution in [0.25, 0.3) is 10.9 Å². The number of benzene rings is 1. The van der Waals surface area contributed by atoms with Crippen molar-refractivity contribution >= 4 is 22.8 Å². The molecule has 1 aromatic heterocycles. The molecule has 0 bridgehead atoms. The van der Waals surface area contributed by atoms with Crippen LogP contribution in [0.15, 0.2) is 12.1 Å². The third kappa shape index (κ3) is 4.48. The number of nitrogens with zero attached hydrogens (tertiary/aromatic N) is 4. The molecule has 1 aliphatic carbocycles. The summed E-state index contributed by atoms with van der Waals surface area (Å²) >= 11 is 0. The van der Waals surface area contributed by atoms with Crippen molar-refractivity contribution in [2.75, 3.05) is 51.9 Å². The maximum atomic E-state index is 12.1. The van der Waals surface area contributed by atoms with Gasteiger partial charge in [-0.25, -0.2) is 14.8 Å². The predicted molar refractivity (Wildman–Crippen MR) is 119 cm³/mol. The van der Waals surface area contributed by atoms with Crippen molar-refractivity contribution in [2.45, 2.75) is 44.9 Å². The topological polar surface area (TPSA) is 77.0 Å². The van der Waals surface area contributed by atoms with Crippen LogP contribution in [-0.4, -0.2) is 68.0 Å². The summed E-state index contributed by atoms with van der Waals surface area (Å²) in [4.78, 5) is 26.1. The Morgan fingerprint density at radius 3 is 2.32 bits per heavy atom. The average Bonchev–Trinajstić information content (AvgIpc) is 2.83. The molecule has 4 rings (SSSR count). The van der Waals surface area contributed by atoms with Crippen LogP contribution in [0, 0.1) is 0 Å². The monoisotopic (exact) mass is 428 g/mol. The molecule has 2 aliphatic rings. The van der Waals surface area contributed by atoms with E-state index in [-0.39, 0.29) is 6.09 Å². The molecule has 8 heteroatoms. The van der Waals surface area contributed by atoms with Gasteiger partial charge in [0.15, 0.2) is 11.5 Å². The van der Waals surface area contributed by atoms with Gasteiger partial charge in [-0.3, -0.25) is 0 Å². The van der Waals surface area contributed by atoms with Crippen LogP contribution >= 0.6 is 0 Å². The lowest BCUT2D eigenvalue weighted by Crippen LogP contribution is -2.49. The number of aromatic nitrogens is 2. The second kappa shape index (κ2) is 9.58. The van der Waals surface area contributed by atoms with Crippen molar-refractivity contribution in [1.82, 2.24) is 14.9 Å². The van der Waals surface area contributed by atoms with Gasteiger partial charge in [0.1, 0.15) is 11.6 Å². The number of fused-ring (bicyclic) bond motifs is 1. The van der Waals surface area contributed by atoms with Crippen LogP contribution in [0.5, 0.6) is 11.5 Å². The Labute approximate surface area is 183 Å². The fourth-order valence-electron chi connectivity index (χ4n) is 4.56. The molecule has 2 aromatic rings. The van der Waals surface area contributed by atoms with Crippen molar-refractivity contribution in [3.05, 3.63) is 18.0 Å². The van der Waals surface area contributed by atoms with Gasteiger partial charge in [-0.15, -0.1) is 0 Å². The van der Waals surface area contributed by atoms with E-state index in [4.69, 9.17) is 24.2 Å². The molecule has 1 saturated carbocycles. The number of anilines is 1. The first-order valence-electron chi connectivity index (χ1n) is 11.2. The van der Waals surface area contributed by atoms with Crippen LogP contribution in [0.1, 0.15) is 50.8 Å². The fourth-order valence-corrected chi connectivity index (χ4v) is 4.56. The second-order valence-corrected chi connectivity index (χ2v) is 8.14. The van der Waals surface area contributed by atoms with Gasteiger partial charge in [0.2, 0.25) is 0 Å². The Morgan fingerprint density at radius 2 is 1.68 bits per heavy atom. The Balaban J connectivity index is 1.70. The highest BCUT2D eigenvalue weighted by Crippen LogP contribution is 2.38. The van der Waals surface area contributed by atoms with Crippen LogP contribution in [0.4, 0.5) is 10.6 Å². The summed E-state index contributed by atoms with van der Waals surface area (Å²) in [5.74, 6) is 3.56. The predicted octanol–water partition coefficient (Wildman–Crippen LogP) is 3.97. The molecule has 2 fully saturated rings. The first kappa shape index (κ1) is 21.5. The van der Waals surface area contributed by atoms with Gasteiger partial charge in [0, 0.05) is 43.5 Å². The Kier molecular flexibility index (Phi) is 6.63. The van der Waals surface area contributed by atoms with Gasteiger partial charge in [0.05, 0.1) is 26.3 Å². The molecule has 1 aromatic carbocycles. The lowest BCUT2D eigenvalue weighted by molar-refractivity contribution is 0.105. The lowest BCUT2D eigenvalue weighted by atomic mass is 9.88. The first-order chi connectivity index (χ1) is 15.1. The number of amides is 1. The summed E-state index contributed by atoms with van der Waals surface area (Å²) in [7, 11) is 3.28. The van der Waals surface area contributed by atoms with E-state index in [1.54, 1.807) is 19.1 Å². The van der Waals surface area contributed by atoms with Crippen molar-refractivity contribution in [1.29, 1.82) is 0 Å². The van der Waals surface area contributed by atoms with E-state index in [0.717, 1.165) is 35.4 Å². The number of carbonyl (C=O) groups is 1. The van der Waals surface area contributed by atoms with E-state index in [0.29, 0.717) is 50.2 Å². The van der Waals surface area contributed by atoms with Crippen LogP contribution < -0.4 is 14.4 Å². The molecule has 1 saturated heterocycles. The van der Waals surface area contributed by atoms with Gasteiger partial charge < -0.3 is 24.0 Å². The summed E-state index contributed by atoms with van der Waals surface area (Å²) in [6, 6.07) is 3.91. The highest BCUT2D eigenvalue weighted by Gasteiger charge is 2.27. The van der Waals surface area contributed by atoms with Crippen molar-refractivity contribution in [3.63, 3.8) is 0 Å². The molecule has 0 N–H and O–H groups in total. The molecule has 0 radical (unpaired) electrons. The molecule has 8 nitrogen and oxygen atoms in total. The number of hydrogen-bond acceptors (Lipinski definition) is 7. The molecule has 2 heterocycles. The Morgan fingerprint density at radius 1 is 1.00 bits per heavy atom. The van der Waals surface area contributed by atoms with Gasteiger partial charge >= 0.3 is 6.09 Å². The van der Waals surface area contributed by atoms with Crippen molar-refractivity contribution in [3.8, 4) is 11.5 Å². The number of carbonyl (C=O) groups excluding carboxylic acids is 1. The van der Waals surface area contributed by atoms with Crippen LogP contribution in [0.2, 0.25) is 0 Å². The average molecular weight is 429 g/mol. The molecule has 0 atom stereocenters. The van der Waals surface area contributed by atoms with E-state index < -0.39 is 0 Å². The summed E-state index contributed by atoms with van der Waals surface area (Å²) in [6.07, 6.45) is 5.77. The van der Waals surface area contributed by atoms with E-state index in [2.05, 4.69) is 4.90 Å². The largest absolute Gasteiger partial charge is 0.493 e. The van der Waals surface area contributed by atoms with Crippen molar-refractivity contribution in [2.24, 2.45) is 0 Å². The molecule has 1 amide bonds. The van der Waals surface area contributed by atoms with Gasteiger partial charge in [-0.05, 0) is 25.8 Å². The zero-order valence-corrected chi connectivity index (χ0v) is 18.7. The number of methoxy groups -OCH3 is 2. The van der Waals surface area contributed by atoms with E-state index in [1.807, 2.05) is 19.1 Å². The quantitative estimate of drug-likeness (QED) is 0.713. The zero-order valence-electron chi connectivity index (χ0n) is 18.7. The maximum absolute atomic E-state index is 12.1. The minimum Gasteiger partial charge on any atom is -0.493 e. The molecular weight excluding hydrogens is 396 g/mol.